The summed E-state index contributed by atoms with van der Waals surface area (Å²) in [5.41, 5.74) is 0.548. The predicted octanol–water partition coefficient (Wildman–Crippen LogP) is 2.86. The van der Waals surface area contributed by atoms with Crippen LogP contribution in [0.5, 0.6) is 0 Å². The largest absolute Gasteiger partial charge is 0.333 e. The van der Waals surface area contributed by atoms with Crippen LogP contribution in [0.2, 0.25) is 0 Å². The molecule has 1 aromatic rings. The summed E-state index contributed by atoms with van der Waals surface area (Å²) in [6.45, 7) is 4.24. The molecule has 0 radical (unpaired) electrons. The second kappa shape index (κ2) is 7.81. The van der Waals surface area contributed by atoms with Crippen molar-refractivity contribution in [2.75, 3.05) is 19.6 Å². The van der Waals surface area contributed by atoms with Gasteiger partial charge in [-0.2, -0.15) is 8.78 Å². The third kappa shape index (κ3) is 4.33. The topological polar surface area (TPSA) is 32.3 Å². The van der Waals surface area contributed by atoms with Gasteiger partial charge in [-0.1, -0.05) is 11.8 Å². The Hall–Kier alpha value is -0.850. The zero-order valence-corrected chi connectivity index (χ0v) is 12.6. The fourth-order valence-electron chi connectivity index (χ4n) is 2.09. The van der Waals surface area contributed by atoms with Gasteiger partial charge in [-0.3, -0.25) is 4.79 Å². The van der Waals surface area contributed by atoms with Crippen LogP contribution >= 0.6 is 24.2 Å². The second-order valence-electron chi connectivity index (χ2n) is 4.45. The molecule has 1 aliphatic heterocycles. The lowest BCUT2D eigenvalue weighted by Crippen LogP contribution is -2.52. The Morgan fingerprint density at radius 2 is 2.05 bits per heavy atom. The van der Waals surface area contributed by atoms with Gasteiger partial charge in [0.25, 0.3) is 11.7 Å². The first-order chi connectivity index (χ1) is 9.08. The van der Waals surface area contributed by atoms with Crippen LogP contribution in [-0.4, -0.2) is 42.2 Å². The minimum absolute atomic E-state index is 0. The van der Waals surface area contributed by atoms with E-state index in [0.717, 1.165) is 13.1 Å². The van der Waals surface area contributed by atoms with Gasteiger partial charge in [0, 0.05) is 36.1 Å². The zero-order chi connectivity index (χ0) is 13.8. The Morgan fingerprint density at radius 3 is 2.60 bits per heavy atom. The molecule has 7 heteroatoms. The SMILES string of the molecule is C[C@@H]1CNCCN1C(=O)c1ccc(SC(F)F)cc1.Cl. The van der Waals surface area contributed by atoms with E-state index in [1.165, 1.54) is 0 Å². The molecule has 3 nitrogen and oxygen atoms in total. The lowest BCUT2D eigenvalue weighted by molar-refractivity contribution is 0.0655. The monoisotopic (exact) mass is 322 g/mol. The van der Waals surface area contributed by atoms with Gasteiger partial charge in [-0.15, -0.1) is 12.4 Å². The molecule has 1 saturated heterocycles. The van der Waals surface area contributed by atoms with Crippen LogP contribution in [0.1, 0.15) is 17.3 Å². The number of amides is 1. The van der Waals surface area contributed by atoms with Crippen molar-refractivity contribution >= 4 is 30.1 Å². The summed E-state index contributed by atoms with van der Waals surface area (Å²) in [4.78, 5) is 14.6. The number of rotatable bonds is 3. The fourth-order valence-corrected chi connectivity index (χ4v) is 2.59. The molecular weight excluding hydrogens is 306 g/mol. The number of benzene rings is 1. The maximum atomic E-state index is 12.3. The van der Waals surface area contributed by atoms with E-state index in [0.29, 0.717) is 28.8 Å². The van der Waals surface area contributed by atoms with Gasteiger partial charge in [-0.25, -0.2) is 0 Å². The van der Waals surface area contributed by atoms with E-state index in [4.69, 9.17) is 0 Å². The van der Waals surface area contributed by atoms with Gasteiger partial charge in [-0.05, 0) is 31.2 Å². The maximum Gasteiger partial charge on any atom is 0.288 e. The lowest BCUT2D eigenvalue weighted by atomic mass is 10.1. The van der Waals surface area contributed by atoms with E-state index < -0.39 is 5.76 Å². The highest BCUT2D eigenvalue weighted by Crippen LogP contribution is 2.25. The number of alkyl halides is 2. The third-order valence-corrected chi connectivity index (χ3v) is 3.81. The normalized spacial score (nSPS) is 18.8. The first-order valence-electron chi connectivity index (χ1n) is 6.14. The molecule has 112 valence electrons. The Balaban J connectivity index is 0.00000200. The molecule has 1 fully saturated rings. The molecule has 1 N–H and O–H groups in total. The van der Waals surface area contributed by atoms with E-state index in [2.05, 4.69) is 5.32 Å². The van der Waals surface area contributed by atoms with E-state index >= 15 is 0 Å². The molecule has 0 saturated carbocycles. The van der Waals surface area contributed by atoms with Crippen LogP contribution in [0.4, 0.5) is 8.78 Å². The molecule has 1 atom stereocenters. The third-order valence-electron chi connectivity index (χ3n) is 3.09. The Kier molecular flexibility index (Phi) is 6.71. The molecule has 20 heavy (non-hydrogen) atoms. The molecule has 0 aromatic heterocycles. The van der Waals surface area contributed by atoms with Crippen LogP contribution in [-0.2, 0) is 0 Å². The number of nitrogens with zero attached hydrogens (tertiary/aromatic N) is 1. The lowest BCUT2D eigenvalue weighted by Gasteiger charge is -2.34. The van der Waals surface area contributed by atoms with E-state index in [-0.39, 0.29) is 24.4 Å². The van der Waals surface area contributed by atoms with Crippen LogP contribution in [0, 0.1) is 0 Å². The molecule has 0 aliphatic carbocycles. The first kappa shape index (κ1) is 17.2. The average Bonchev–Trinajstić information content (AvgIpc) is 2.39. The standard InChI is InChI=1S/C13H16F2N2OS.ClH/c1-9-8-16-6-7-17(9)12(18)10-2-4-11(5-3-10)19-13(14)15;/h2-5,9,13,16H,6-8H2,1H3;1H/t9-;/m1./s1. The average molecular weight is 323 g/mol. The number of thioether (sulfide) groups is 1. The summed E-state index contributed by atoms with van der Waals surface area (Å²) in [6.07, 6.45) is 0. The summed E-state index contributed by atoms with van der Waals surface area (Å²) in [7, 11) is 0. The van der Waals surface area contributed by atoms with E-state index in [1.54, 1.807) is 24.3 Å². The van der Waals surface area contributed by atoms with Crippen molar-refractivity contribution in [1.29, 1.82) is 0 Å². The van der Waals surface area contributed by atoms with Crippen molar-refractivity contribution in [3.8, 4) is 0 Å². The van der Waals surface area contributed by atoms with Crippen molar-refractivity contribution in [2.24, 2.45) is 0 Å². The summed E-state index contributed by atoms with van der Waals surface area (Å²) in [6, 6.07) is 6.51. The van der Waals surface area contributed by atoms with Crippen molar-refractivity contribution < 1.29 is 13.6 Å². The highest BCUT2D eigenvalue weighted by molar-refractivity contribution is 7.99. The van der Waals surface area contributed by atoms with Gasteiger partial charge in [0.15, 0.2) is 0 Å². The molecular formula is C13H17ClF2N2OS. The van der Waals surface area contributed by atoms with E-state index in [9.17, 15) is 13.6 Å². The highest BCUT2D eigenvalue weighted by atomic mass is 35.5. The Labute approximate surface area is 127 Å². The van der Waals surface area contributed by atoms with Crippen molar-refractivity contribution in [3.05, 3.63) is 29.8 Å². The number of piperazine rings is 1. The molecule has 1 aromatic carbocycles. The quantitative estimate of drug-likeness (QED) is 0.869. The van der Waals surface area contributed by atoms with Gasteiger partial charge in [0.1, 0.15) is 0 Å². The van der Waals surface area contributed by atoms with Crippen LogP contribution in [0.15, 0.2) is 29.2 Å². The summed E-state index contributed by atoms with van der Waals surface area (Å²) in [5, 5.41) is 3.22. The Bertz CT molecular complexity index is 445. The number of hydrogen-bond acceptors (Lipinski definition) is 3. The Morgan fingerprint density at radius 1 is 1.40 bits per heavy atom. The number of halogens is 3. The second-order valence-corrected chi connectivity index (χ2v) is 5.52. The highest BCUT2D eigenvalue weighted by Gasteiger charge is 2.23. The van der Waals surface area contributed by atoms with Crippen molar-refractivity contribution in [1.82, 2.24) is 10.2 Å². The zero-order valence-electron chi connectivity index (χ0n) is 11.0. The number of carbonyl (C=O) groups is 1. The van der Waals surface area contributed by atoms with Crippen LogP contribution in [0.25, 0.3) is 0 Å². The molecule has 0 bridgehead atoms. The smallest absolute Gasteiger partial charge is 0.288 e. The number of hydrogen-bond donors (Lipinski definition) is 1. The van der Waals surface area contributed by atoms with Gasteiger partial charge in [0.2, 0.25) is 0 Å². The molecule has 0 spiro atoms. The maximum absolute atomic E-state index is 12.3. The number of nitrogens with one attached hydrogen (secondary N) is 1. The van der Waals surface area contributed by atoms with Crippen LogP contribution in [0.3, 0.4) is 0 Å². The molecule has 1 aliphatic rings. The first-order valence-corrected chi connectivity index (χ1v) is 7.02. The summed E-state index contributed by atoms with van der Waals surface area (Å²) >= 11 is 0.487. The summed E-state index contributed by atoms with van der Waals surface area (Å²) in [5.74, 6) is -2.47. The van der Waals surface area contributed by atoms with Crippen molar-refractivity contribution in [2.45, 2.75) is 23.6 Å². The molecule has 1 heterocycles. The predicted molar refractivity (Wildman–Crippen MR) is 78.9 cm³/mol. The summed E-state index contributed by atoms with van der Waals surface area (Å²) < 4.78 is 24.4. The fraction of sp³-hybridized carbons (Fsp3) is 0.462. The molecule has 0 unspecified atom stereocenters. The van der Waals surface area contributed by atoms with Gasteiger partial charge >= 0.3 is 0 Å². The van der Waals surface area contributed by atoms with E-state index in [1.807, 2.05) is 11.8 Å². The number of carbonyl (C=O) groups excluding carboxylic acids is 1. The minimum Gasteiger partial charge on any atom is -0.333 e. The molecule has 1 amide bonds. The van der Waals surface area contributed by atoms with Gasteiger partial charge in [0.05, 0.1) is 0 Å². The molecule has 2 rings (SSSR count). The van der Waals surface area contributed by atoms with Crippen molar-refractivity contribution in [3.63, 3.8) is 0 Å². The van der Waals surface area contributed by atoms with Crippen LogP contribution < -0.4 is 5.32 Å². The van der Waals surface area contributed by atoms with Gasteiger partial charge < -0.3 is 10.2 Å². The minimum atomic E-state index is -2.44.